The Bertz CT molecular complexity index is 766. The molecular formula is C20H26N4O. The Morgan fingerprint density at radius 1 is 1.16 bits per heavy atom. The van der Waals surface area contributed by atoms with Crippen molar-refractivity contribution < 1.29 is 4.79 Å². The van der Waals surface area contributed by atoms with Gasteiger partial charge >= 0.3 is 0 Å². The molecule has 25 heavy (non-hydrogen) atoms. The minimum Gasteiger partial charge on any atom is -0.341 e. The fourth-order valence-corrected chi connectivity index (χ4v) is 3.28. The summed E-state index contributed by atoms with van der Waals surface area (Å²) < 4.78 is 0. The first kappa shape index (κ1) is 17.4. The topological polar surface area (TPSA) is 58.1 Å². The van der Waals surface area contributed by atoms with E-state index in [0.717, 1.165) is 54.9 Å². The summed E-state index contributed by atoms with van der Waals surface area (Å²) in [6, 6.07) is 7.84. The van der Waals surface area contributed by atoms with Crippen LogP contribution in [0.5, 0.6) is 0 Å². The molecule has 1 aliphatic heterocycles. The van der Waals surface area contributed by atoms with Crippen LogP contribution >= 0.6 is 0 Å². The first-order chi connectivity index (χ1) is 12.1. The number of piperidine rings is 1. The Hall–Kier alpha value is -2.43. The van der Waals surface area contributed by atoms with Gasteiger partial charge in [0.15, 0.2) is 0 Å². The van der Waals surface area contributed by atoms with E-state index in [9.17, 15) is 4.79 Å². The van der Waals surface area contributed by atoms with Crippen molar-refractivity contribution in [3.8, 4) is 0 Å². The van der Waals surface area contributed by atoms with Gasteiger partial charge < -0.3 is 10.2 Å². The third-order valence-electron chi connectivity index (χ3n) is 4.69. The first-order valence-electron chi connectivity index (χ1n) is 9.09. The zero-order valence-electron chi connectivity index (χ0n) is 15.3. The molecule has 1 aromatic heterocycles. The predicted octanol–water partition coefficient (Wildman–Crippen LogP) is 3.90. The molecule has 0 bridgehead atoms. The normalized spacial score (nSPS) is 14.4. The van der Waals surface area contributed by atoms with Crippen molar-refractivity contribution in [2.24, 2.45) is 0 Å². The van der Waals surface area contributed by atoms with Crippen molar-refractivity contribution in [2.75, 3.05) is 23.3 Å². The maximum Gasteiger partial charge on any atom is 0.274 e. The summed E-state index contributed by atoms with van der Waals surface area (Å²) >= 11 is 0. The smallest absolute Gasteiger partial charge is 0.274 e. The molecule has 0 spiro atoms. The molecule has 1 amide bonds. The van der Waals surface area contributed by atoms with Gasteiger partial charge in [0.1, 0.15) is 5.69 Å². The molecule has 132 valence electrons. The lowest BCUT2D eigenvalue weighted by atomic mass is 10.1. The lowest BCUT2D eigenvalue weighted by Gasteiger charge is -2.27. The van der Waals surface area contributed by atoms with Gasteiger partial charge in [0.05, 0.1) is 0 Å². The number of anilines is 2. The zero-order chi connectivity index (χ0) is 17.8. The Labute approximate surface area is 149 Å². The van der Waals surface area contributed by atoms with Gasteiger partial charge in [-0.15, -0.1) is 0 Å². The summed E-state index contributed by atoms with van der Waals surface area (Å²) in [5.41, 5.74) is 4.34. The van der Waals surface area contributed by atoms with Crippen molar-refractivity contribution in [2.45, 2.75) is 46.5 Å². The number of hydrogen-bond donors (Lipinski definition) is 1. The number of carbonyl (C=O) groups is 1. The summed E-state index contributed by atoms with van der Waals surface area (Å²) in [6.07, 6.45) is 4.44. The Balaban J connectivity index is 1.86. The largest absolute Gasteiger partial charge is 0.341 e. The molecule has 1 aliphatic rings. The molecule has 1 saturated heterocycles. The minimum absolute atomic E-state index is 0.173. The van der Waals surface area contributed by atoms with Crippen LogP contribution in [0.3, 0.4) is 0 Å². The van der Waals surface area contributed by atoms with Crippen LogP contribution < -0.4 is 10.2 Å². The van der Waals surface area contributed by atoms with E-state index in [0.29, 0.717) is 11.6 Å². The number of benzene rings is 1. The molecule has 0 atom stereocenters. The minimum atomic E-state index is -0.173. The van der Waals surface area contributed by atoms with Crippen LogP contribution in [0.2, 0.25) is 0 Å². The average Bonchev–Trinajstić information content (AvgIpc) is 2.63. The summed E-state index contributed by atoms with van der Waals surface area (Å²) in [6.45, 7) is 7.94. The number of aryl methyl sites for hydroxylation is 3. The van der Waals surface area contributed by atoms with Crippen LogP contribution in [0.4, 0.5) is 11.6 Å². The second-order valence-corrected chi connectivity index (χ2v) is 6.66. The average molecular weight is 338 g/mol. The van der Waals surface area contributed by atoms with Crippen LogP contribution in [-0.4, -0.2) is 29.0 Å². The molecule has 1 aromatic carbocycles. The van der Waals surface area contributed by atoms with Crippen LogP contribution in [0.1, 0.15) is 53.5 Å². The van der Waals surface area contributed by atoms with Gasteiger partial charge in [0.2, 0.25) is 5.95 Å². The third kappa shape index (κ3) is 3.98. The molecule has 0 radical (unpaired) electrons. The van der Waals surface area contributed by atoms with Crippen LogP contribution in [0.15, 0.2) is 24.3 Å². The molecule has 1 fully saturated rings. The zero-order valence-corrected chi connectivity index (χ0v) is 15.3. The van der Waals surface area contributed by atoms with E-state index in [1.54, 1.807) is 6.07 Å². The Kier molecular flexibility index (Phi) is 5.31. The van der Waals surface area contributed by atoms with E-state index >= 15 is 0 Å². The Morgan fingerprint density at radius 3 is 2.64 bits per heavy atom. The highest BCUT2D eigenvalue weighted by Gasteiger charge is 2.18. The van der Waals surface area contributed by atoms with E-state index in [4.69, 9.17) is 0 Å². The number of aromatic nitrogens is 2. The van der Waals surface area contributed by atoms with E-state index in [1.807, 2.05) is 32.0 Å². The van der Waals surface area contributed by atoms with Crippen molar-refractivity contribution >= 4 is 17.5 Å². The molecule has 5 nitrogen and oxygen atoms in total. The number of hydrogen-bond acceptors (Lipinski definition) is 4. The van der Waals surface area contributed by atoms with Gasteiger partial charge in [-0.1, -0.05) is 25.1 Å². The van der Waals surface area contributed by atoms with Crippen LogP contribution in [-0.2, 0) is 6.42 Å². The molecular weight excluding hydrogens is 312 g/mol. The SMILES string of the molecule is CCc1cccc(C)c1NC(=O)c1cc(C)nc(N2CCCCC2)n1. The number of para-hydroxylation sites is 1. The molecule has 5 heteroatoms. The van der Waals surface area contributed by atoms with Crippen molar-refractivity contribution in [3.63, 3.8) is 0 Å². The van der Waals surface area contributed by atoms with Gasteiger partial charge in [0, 0.05) is 24.5 Å². The lowest BCUT2D eigenvalue weighted by molar-refractivity contribution is 0.102. The number of nitrogens with zero attached hydrogens (tertiary/aromatic N) is 3. The third-order valence-corrected chi connectivity index (χ3v) is 4.69. The highest BCUT2D eigenvalue weighted by molar-refractivity contribution is 6.04. The van der Waals surface area contributed by atoms with Gasteiger partial charge in [-0.25, -0.2) is 9.97 Å². The fourth-order valence-electron chi connectivity index (χ4n) is 3.28. The Morgan fingerprint density at radius 2 is 1.92 bits per heavy atom. The van der Waals surface area contributed by atoms with Crippen LogP contribution in [0.25, 0.3) is 0 Å². The van der Waals surface area contributed by atoms with Gasteiger partial charge in [0.25, 0.3) is 5.91 Å². The van der Waals surface area contributed by atoms with Gasteiger partial charge in [-0.2, -0.15) is 0 Å². The molecule has 1 N–H and O–H groups in total. The van der Waals surface area contributed by atoms with Crippen molar-refractivity contribution in [3.05, 3.63) is 46.8 Å². The molecule has 0 saturated carbocycles. The van der Waals surface area contributed by atoms with Crippen LogP contribution in [0, 0.1) is 13.8 Å². The van der Waals surface area contributed by atoms with E-state index < -0.39 is 0 Å². The van der Waals surface area contributed by atoms with Crippen molar-refractivity contribution in [1.82, 2.24) is 9.97 Å². The van der Waals surface area contributed by atoms with E-state index in [2.05, 4.69) is 27.1 Å². The number of nitrogens with one attached hydrogen (secondary N) is 1. The predicted molar refractivity (Wildman–Crippen MR) is 101 cm³/mol. The fraction of sp³-hybridized carbons (Fsp3) is 0.450. The summed E-state index contributed by atoms with van der Waals surface area (Å²) in [5, 5.41) is 3.06. The quantitative estimate of drug-likeness (QED) is 0.918. The maximum absolute atomic E-state index is 12.8. The van der Waals surface area contributed by atoms with Gasteiger partial charge in [-0.05, 0) is 56.7 Å². The second kappa shape index (κ2) is 7.64. The number of rotatable bonds is 4. The maximum atomic E-state index is 12.8. The van der Waals surface area contributed by atoms with Crippen molar-refractivity contribution in [1.29, 1.82) is 0 Å². The van der Waals surface area contributed by atoms with Gasteiger partial charge in [-0.3, -0.25) is 4.79 Å². The summed E-state index contributed by atoms with van der Waals surface area (Å²) in [5.74, 6) is 0.498. The molecule has 0 aliphatic carbocycles. The molecule has 2 aromatic rings. The summed E-state index contributed by atoms with van der Waals surface area (Å²) in [4.78, 5) is 24.1. The first-order valence-corrected chi connectivity index (χ1v) is 9.09. The standard InChI is InChI=1S/C20H26N4O/c1-4-16-10-8-9-14(2)18(16)23-19(25)17-13-15(3)21-20(22-17)24-11-6-5-7-12-24/h8-10,13H,4-7,11-12H2,1-3H3,(H,23,25). The molecule has 2 heterocycles. The number of carbonyl (C=O) groups excluding carboxylic acids is 1. The second-order valence-electron chi connectivity index (χ2n) is 6.66. The van der Waals surface area contributed by atoms with E-state index in [-0.39, 0.29) is 5.91 Å². The lowest BCUT2D eigenvalue weighted by Crippen LogP contribution is -2.31. The highest BCUT2D eigenvalue weighted by Crippen LogP contribution is 2.22. The summed E-state index contributed by atoms with van der Waals surface area (Å²) in [7, 11) is 0. The van der Waals surface area contributed by atoms with E-state index in [1.165, 1.54) is 6.42 Å². The molecule has 3 rings (SSSR count). The highest BCUT2D eigenvalue weighted by atomic mass is 16.1. The number of amides is 1. The monoisotopic (exact) mass is 338 g/mol. The molecule has 0 unspecified atom stereocenters.